The molecular formula is C29H38N4O4S. The van der Waals surface area contributed by atoms with Crippen molar-refractivity contribution < 1.29 is 19.4 Å². The summed E-state index contributed by atoms with van der Waals surface area (Å²) in [6.45, 7) is 8.50. The number of carboxylic acids is 1. The van der Waals surface area contributed by atoms with Crippen LogP contribution in [0, 0.1) is 11.8 Å². The quantitative estimate of drug-likeness (QED) is 0.394. The molecule has 204 valence electrons. The highest BCUT2D eigenvalue weighted by Gasteiger charge is 2.38. The summed E-state index contributed by atoms with van der Waals surface area (Å²) in [7, 11) is 0. The van der Waals surface area contributed by atoms with Crippen LogP contribution >= 0.6 is 11.3 Å². The maximum absolute atomic E-state index is 14.1. The largest absolute Gasteiger partial charge is 0.477 e. The smallest absolute Gasteiger partial charge is 0.348 e. The van der Waals surface area contributed by atoms with Gasteiger partial charge >= 0.3 is 5.97 Å². The zero-order chi connectivity index (χ0) is 27.0. The first kappa shape index (κ1) is 26.7. The minimum Gasteiger partial charge on any atom is -0.477 e. The van der Waals surface area contributed by atoms with Gasteiger partial charge in [0, 0.05) is 35.3 Å². The predicted molar refractivity (Wildman–Crippen MR) is 148 cm³/mol. The zero-order valence-corrected chi connectivity index (χ0v) is 23.5. The van der Waals surface area contributed by atoms with Crippen molar-refractivity contribution in [3.8, 4) is 5.88 Å². The van der Waals surface area contributed by atoms with Crippen molar-refractivity contribution in [2.75, 3.05) is 4.90 Å². The lowest BCUT2D eigenvalue weighted by molar-refractivity contribution is -0.124. The number of ether oxygens (including phenoxy) is 1. The summed E-state index contributed by atoms with van der Waals surface area (Å²) < 4.78 is 7.91. The number of aromatic carboxylic acids is 1. The van der Waals surface area contributed by atoms with E-state index >= 15 is 0 Å². The van der Waals surface area contributed by atoms with Gasteiger partial charge in [0.15, 0.2) is 5.65 Å². The van der Waals surface area contributed by atoms with E-state index in [-0.39, 0.29) is 34.3 Å². The second kappa shape index (κ2) is 10.7. The fraction of sp³-hybridized carbons (Fsp3) is 0.586. The molecule has 0 unspecified atom stereocenters. The molecule has 0 aliphatic heterocycles. The molecule has 5 rings (SSSR count). The summed E-state index contributed by atoms with van der Waals surface area (Å²) in [4.78, 5) is 33.8. The van der Waals surface area contributed by atoms with Crippen LogP contribution in [0.2, 0.25) is 0 Å². The molecule has 2 aliphatic rings. The highest BCUT2D eigenvalue weighted by Crippen LogP contribution is 2.42. The molecule has 2 fully saturated rings. The molecule has 0 spiro atoms. The monoisotopic (exact) mass is 538 g/mol. The summed E-state index contributed by atoms with van der Waals surface area (Å²) in [6.07, 6.45) is 10.4. The van der Waals surface area contributed by atoms with Gasteiger partial charge in [-0.15, -0.1) is 16.4 Å². The maximum Gasteiger partial charge on any atom is 0.348 e. The number of fused-ring (bicyclic) bond motifs is 1. The Morgan fingerprint density at radius 1 is 1.08 bits per heavy atom. The van der Waals surface area contributed by atoms with Gasteiger partial charge in [0.2, 0.25) is 11.8 Å². The van der Waals surface area contributed by atoms with Gasteiger partial charge < -0.3 is 14.7 Å². The Labute approximate surface area is 228 Å². The van der Waals surface area contributed by atoms with E-state index in [2.05, 4.69) is 37.8 Å². The topological polar surface area (TPSA) is 97.0 Å². The van der Waals surface area contributed by atoms with E-state index in [9.17, 15) is 14.7 Å². The molecule has 0 aromatic carbocycles. The number of aromatic nitrogens is 3. The van der Waals surface area contributed by atoms with Crippen molar-refractivity contribution in [2.24, 2.45) is 11.8 Å². The zero-order valence-electron chi connectivity index (χ0n) is 22.7. The first-order valence-electron chi connectivity index (χ1n) is 13.8. The molecule has 0 bridgehead atoms. The number of amides is 1. The third kappa shape index (κ3) is 5.58. The van der Waals surface area contributed by atoms with Crippen LogP contribution in [-0.4, -0.2) is 43.7 Å². The van der Waals surface area contributed by atoms with Gasteiger partial charge in [-0.1, -0.05) is 27.7 Å². The average molecular weight is 539 g/mol. The van der Waals surface area contributed by atoms with E-state index in [0.717, 1.165) is 61.9 Å². The van der Waals surface area contributed by atoms with Crippen LogP contribution in [0.3, 0.4) is 0 Å². The second-order valence-corrected chi connectivity index (χ2v) is 13.0. The molecule has 2 aliphatic carbocycles. The Balaban J connectivity index is 1.38. The van der Waals surface area contributed by atoms with Crippen molar-refractivity contribution in [1.82, 2.24) is 14.6 Å². The minimum atomic E-state index is -0.964. The number of carbonyl (C=O) groups is 2. The standard InChI is InChI=1S/C29H38N4O4S/c1-18-5-7-19(8-6-18)27(34)33(22-17-23(29(2,3)4)38-26(22)28(35)36)20-9-11-21(12-10-20)37-25-14-13-24-30-15-16-32(24)31-25/h13-21H,5-12H2,1-4H3,(H,35,36)/t18?,19?,20-,21-. The highest BCUT2D eigenvalue weighted by molar-refractivity contribution is 7.14. The van der Waals surface area contributed by atoms with Gasteiger partial charge in [-0.2, -0.15) is 0 Å². The van der Waals surface area contributed by atoms with Gasteiger partial charge in [-0.25, -0.2) is 14.3 Å². The number of imidazole rings is 1. The SMILES string of the molecule is CC1CCC(C(=O)N(c2cc(C(C)(C)C)sc2C(=O)O)[C@H]2CC[C@H](Oc3ccc4nccn4n3)CC2)CC1. The number of carboxylic acid groups (broad SMARTS) is 1. The normalized spacial score (nSPS) is 24.3. The van der Waals surface area contributed by atoms with E-state index in [0.29, 0.717) is 17.5 Å². The number of hydrogen-bond acceptors (Lipinski definition) is 6. The van der Waals surface area contributed by atoms with Crippen LogP contribution < -0.4 is 9.64 Å². The molecular weight excluding hydrogens is 500 g/mol. The Hall–Kier alpha value is -2.94. The summed E-state index contributed by atoms with van der Waals surface area (Å²) in [5, 5.41) is 14.6. The Morgan fingerprint density at radius 3 is 2.45 bits per heavy atom. The first-order valence-corrected chi connectivity index (χ1v) is 14.6. The Kier molecular flexibility index (Phi) is 7.49. The molecule has 38 heavy (non-hydrogen) atoms. The van der Waals surface area contributed by atoms with E-state index in [1.807, 2.05) is 23.1 Å². The van der Waals surface area contributed by atoms with Crippen LogP contribution in [0.25, 0.3) is 5.65 Å². The number of hydrogen-bond donors (Lipinski definition) is 1. The summed E-state index contributed by atoms with van der Waals surface area (Å²) in [6, 6.07) is 5.64. The third-order valence-corrected chi connectivity index (χ3v) is 9.57. The third-order valence-electron chi connectivity index (χ3n) is 8.03. The van der Waals surface area contributed by atoms with E-state index in [4.69, 9.17) is 4.74 Å². The van der Waals surface area contributed by atoms with Gasteiger partial charge in [0.1, 0.15) is 11.0 Å². The Bertz CT molecular complexity index is 1290. The first-order chi connectivity index (χ1) is 18.1. The molecule has 1 amide bonds. The molecule has 0 saturated heterocycles. The number of anilines is 1. The molecule has 8 nitrogen and oxygen atoms in total. The average Bonchev–Trinajstić information content (AvgIpc) is 3.53. The highest BCUT2D eigenvalue weighted by atomic mass is 32.1. The van der Waals surface area contributed by atoms with Crippen molar-refractivity contribution in [3.63, 3.8) is 0 Å². The van der Waals surface area contributed by atoms with Crippen molar-refractivity contribution >= 4 is 34.5 Å². The van der Waals surface area contributed by atoms with Crippen molar-refractivity contribution in [3.05, 3.63) is 40.3 Å². The molecule has 3 aromatic heterocycles. The molecule has 3 heterocycles. The molecule has 9 heteroatoms. The number of thiophene rings is 1. The summed E-state index contributed by atoms with van der Waals surface area (Å²) in [5.41, 5.74) is 1.15. The fourth-order valence-corrected chi connectivity index (χ4v) is 6.78. The van der Waals surface area contributed by atoms with Gasteiger partial charge in [0.05, 0.1) is 5.69 Å². The summed E-state index contributed by atoms with van der Waals surface area (Å²) >= 11 is 1.30. The van der Waals surface area contributed by atoms with Gasteiger partial charge in [-0.3, -0.25) is 4.79 Å². The van der Waals surface area contributed by atoms with Crippen LogP contribution in [-0.2, 0) is 10.2 Å². The summed E-state index contributed by atoms with van der Waals surface area (Å²) in [5.74, 6) is 0.274. The van der Waals surface area contributed by atoms with Crippen molar-refractivity contribution in [1.29, 1.82) is 0 Å². The minimum absolute atomic E-state index is 0.00115. The van der Waals surface area contributed by atoms with E-state index in [1.54, 1.807) is 16.9 Å². The molecule has 2 saturated carbocycles. The molecule has 0 radical (unpaired) electrons. The Morgan fingerprint density at radius 2 is 1.79 bits per heavy atom. The fourth-order valence-electron chi connectivity index (χ4n) is 5.73. The van der Waals surface area contributed by atoms with Gasteiger partial charge in [-0.05, 0) is 74.8 Å². The van der Waals surface area contributed by atoms with Crippen molar-refractivity contribution in [2.45, 2.75) is 96.6 Å². The number of carbonyl (C=O) groups excluding carboxylic acids is 1. The maximum atomic E-state index is 14.1. The lowest BCUT2D eigenvalue weighted by atomic mass is 9.81. The number of rotatable bonds is 6. The van der Waals surface area contributed by atoms with Crippen LogP contribution in [0.15, 0.2) is 30.6 Å². The molecule has 1 N–H and O–H groups in total. The van der Waals surface area contributed by atoms with Crippen LogP contribution in [0.1, 0.15) is 93.6 Å². The second-order valence-electron chi connectivity index (χ2n) is 12.0. The predicted octanol–water partition coefficient (Wildman–Crippen LogP) is 6.34. The molecule has 3 aromatic rings. The lowest BCUT2D eigenvalue weighted by Gasteiger charge is -2.39. The van der Waals surface area contributed by atoms with E-state index < -0.39 is 5.97 Å². The lowest BCUT2D eigenvalue weighted by Crippen LogP contribution is -2.47. The molecule has 0 atom stereocenters. The van der Waals surface area contributed by atoms with Crippen LogP contribution in [0.4, 0.5) is 5.69 Å². The van der Waals surface area contributed by atoms with E-state index in [1.165, 1.54) is 11.3 Å². The van der Waals surface area contributed by atoms with Gasteiger partial charge in [0.25, 0.3) is 0 Å². The van der Waals surface area contributed by atoms with Crippen LogP contribution in [0.5, 0.6) is 5.88 Å². The number of nitrogens with zero attached hydrogens (tertiary/aromatic N) is 4.